The van der Waals surface area contributed by atoms with Crippen LogP contribution in [-0.4, -0.2) is 36.6 Å². The summed E-state index contributed by atoms with van der Waals surface area (Å²) in [6.45, 7) is 0.184. The minimum Gasteiger partial charge on any atom is -0.481 e. The highest BCUT2D eigenvalue weighted by molar-refractivity contribution is 5.95. The summed E-state index contributed by atoms with van der Waals surface area (Å²) in [5.74, 6) is -1.19. The zero-order chi connectivity index (χ0) is 14.1. The van der Waals surface area contributed by atoms with Crippen LogP contribution >= 0.6 is 0 Å². The summed E-state index contributed by atoms with van der Waals surface area (Å²) < 4.78 is 0. The third kappa shape index (κ3) is 5.19. The van der Waals surface area contributed by atoms with Crippen LogP contribution in [0.1, 0.15) is 6.42 Å². The molecule has 0 spiro atoms. The van der Waals surface area contributed by atoms with Gasteiger partial charge in [-0.25, -0.2) is 0 Å². The Labute approximate surface area is 111 Å². The first-order chi connectivity index (χ1) is 9.15. The van der Waals surface area contributed by atoms with Crippen molar-refractivity contribution in [1.29, 1.82) is 5.26 Å². The molecule has 0 aliphatic rings. The minimum atomic E-state index is -0.920. The molecule has 0 atom stereocenters. The number of anilines is 1. The normalized spacial score (nSPS) is 9.63. The Morgan fingerprint density at radius 1 is 1.32 bits per heavy atom. The Balaban J connectivity index is 2.55. The Morgan fingerprint density at radius 2 is 2.00 bits per heavy atom. The zero-order valence-electron chi connectivity index (χ0n) is 10.4. The molecule has 0 aliphatic carbocycles. The number of nitriles is 1. The number of aliphatic carboxylic acids is 1. The van der Waals surface area contributed by atoms with E-state index in [1.165, 1.54) is 4.90 Å². The van der Waals surface area contributed by atoms with Crippen molar-refractivity contribution in [3.05, 3.63) is 30.3 Å². The molecule has 0 bridgehead atoms. The van der Waals surface area contributed by atoms with Gasteiger partial charge in [0.25, 0.3) is 0 Å². The largest absolute Gasteiger partial charge is 0.481 e. The second kappa shape index (κ2) is 7.84. The number of rotatable bonds is 7. The summed E-state index contributed by atoms with van der Waals surface area (Å²) in [6.07, 6.45) is -0.0448. The zero-order valence-corrected chi connectivity index (χ0v) is 10.4. The molecule has 6 heteroatoms. The Kier molecular flexibility index (Phi) is 6.06. The molecule has 100 valence electrons. The first-order valence-corrected chi connectivity index (χ1v) is 5.80. The molecule has 0 aliphatic heterocycles. The molecule has 19 heavy (non-hydrogen) atoms. The third-order valence-electron chi connectivity index (χ3n) is 2.39. The van der Waals surface area contributed by atoms with E-state index in [1.807, 2.05) is 12.1 Å². The van der Waals surface area contributed by atoms with Crippen LogP contribution in [0.5, 0.6) is 0 Å². The molecule has 0 saturated heterocycles. The molecule has 1 aromatic rings. The van der Waals surface area contributed by atoms with Crippen LogP contribution < -0.4 is 10.2 Å². The van der Waals surface area contributed by atoms with E-state index in [4.69, 9.17) is 10.4 Å². The molecule has 0 saturated carbocycles. The van der Waals surface area contributed by atoms with Gasteiger partial charge in [0.1, 0.15) is 6.54 Å². The predicted octanol–water partition coefficient (Wildman–Crippen LogP) is 0.607. The number of hydrogen-bond donors (Lipinski definition) is 2. The maximum absolute atomic E-state index is 11.9. The van der Waals surface area contributed by atoms with Gasteiger partial charge >= 0.3 is 5.97 Å². The molecular formula is C13H15N3O3. The highest BCUT2D eigenvalue weighted by Crippen LogP contribution is 2.12. The van der Waals surface area contributed by atoms with Crippen LogP contribution in [0.4, 0.5) is 5.69 Å². The number of amides is 1. The third-order valence-corrected chi connectivity index (χ3v) is 2.39. The molecule has 1 amide bonds. The fourth-order valence-electron chi connectivity index (χ4n) is 1.49. The summed E-state index contributed by atoms with van der Waals surface area (Å²) in [5, 5.41) is 20.0. The molecule has 0 unspecified atom stereocenters. The number of carbonyl (C=O) groups excluding carboxylic acids is 1. The van der Waals surface area contributed by atoms with Gasteiger partial charge in [-0.3, -0.25) is 14.5 Å². The monoisotopic (exact) mass is 261 g/mol. The van der Waals surface area contributed by atoms with E-state index >= 15 is 0 Å². The predicted molar refractivity (Wildman–Crippen MR) is 69.5 cm³/mol. The van der Waals surface area contributed by atoms with Gasteiger partial charge < -0.3 is 10.4 Å². The highest BCUT2D eigenvalue weighted by Gasteiger charge is 2.14. The van der Waals surface area contributed by atoms with Crippen LogP contribution in [0.15, 0.2) is 30.3 Å². The van der Waals surface area contributed by atoms with Crippen LogP contribution in [0.3, 0.4) is 0 Å². The number of hydrogen-bond acceptors (Lipinski definition) is 4. The van der Waals surface area contributed by atoms with E-state index in [0.29, 0.717) is 5.69 Å². The van der Waals surface area contributed by atoms with Gasteiger partial charge in [-0.1, -0.05) is 18.2 Å². The van der Waals surface area contributed by atoms with Crippen LogP contribution in [-0.2, 0) is 9.59 Å². The van der Waals surface area contributed by atoms with Crippen molar-refractivity contribution < 1.29 is 14.7 Å². The fourth-order valence-corrected chi connectivity index (χ4v) is 1.49. The van der Waals surface area contributed by atoms with Crippen LogP contribution in [0.2, 0.25) is 0 Å². The van der Waals surface area contributed by atoms with Crippen molar-refractivity contribution in [2.45, 2.75) is 6.42 Å². The SMILES string of the molecule is N#CCN(C(=O)CNCCC(=O)O)c1ccccc1. The van der Waals surface area contributed by atoms with E-state index in [0.717, 1.165) is 0 Å². The number of nitrogens with zero attached hydrogens (tertiary/aromatic N) is 2. The van der Waals surface area contributed by atoms with Crippen molar-refractivity contribution in [3.8, 4) is 6.07 Å². The van der Waals surface area contributed by atoms with Gasteiger partial charge in [0.05, 0.1) is 19.0 Å². The summed E-state index contributed by atoms with van der Waals surface area (Å²) in [6, 6.07) is 10.8. The van der Waals surface area contributed by atoms with Crippen LogP contribution in [0, 0.1) is 11.3 Å². The standard InChI is InChI=1S/C13H15N3O3/c14-7-9-16(11-4-2-1-3-5-11)12(17)10-15-8-6-13(18)19/h1-5,15H,6,8-10H2,(H,18,19). The second-order valence-electron chi connectivity index (χ2n) is 3.79. The number of carbonyl (C=O) groups is 2. The van der Waals surface area contributed by atoms with Gasteiger partial charge in [0.15, 0.2) is 0 Å². The number of benzene rings is 1. The van der Waals surface area contributed by atoms with E-state index in [1.54, 1.807) is 24.3 Å². The maximum atomic E-state index is 11.9. The first-order valence-electron chi connectivity index (χ1n) is 5.80. The summed E-state index contributed by atoms with van der Waals surface area (Å²) in [7, 11) is 0. The van der Waals surface area contributed by atoms with E-state index < -0.39 is 5.97 Å². The van der Waals surface area contributed by atoms with Gasteiger partial charge in [0.2, 0.25) is 5.91 Å². The number of para-hydroxylation sites is 1. The van der Waals surface area contributed by atoms with Gasteiger partial charge in [0, 0.05) is 12.2 Å². The molecular weight excluding hydrogens is 246 g/mol. The molecule has 6 nitrogen and oxygen atoms in total. The Hall–Kier alpha value is -2.39. The quantitative estimate of drug-likeness (QED) is 0.554. The van der Waals surface area contributed by atoms with Crippen molar-refractivity contribution in [1.82, 2.24) is 5.32 Å². The lowest BCUT2D eigenvalue weighted by atomic mass is 10.3. The van der Waals surface area contributed by atoms with Crippen molar-refractivity contribution >= 4 is 17.6 Å². The summed E-state index contributed by atoms with van der Waals surface area (Å²) in [4.78, 5) is 23.6. The van der Waals surface area contributed by atoms with Crippen molar-refractivity contribution in [2.75, 3.05) is 24.5 Å². The van der Waals surface area contributed by atoms with E-state index in [9.17, 15) is 9.59 Å². The first kappa shape index (κ1) is 14.7. The van der Waals surface area contributed by atoms with E-state index in [2.05, 4.69) is 5.32 Å². The van der Waals surface area contributed by atoms with Crippen LogP contribution in [0.25, 0.3) is 0 Å². The Morgan fingerprint density at radius 3 is 2.58 bits per heavy atom. The summed E-state index contributed by atoms with van der Waals surface area (Å²) >= 11 is 0. The molecule has 0 fully saturated rings. The lowest BCUT2D eigenvalue weighted by Crippen LogP contribution is -2.39. The average molecular weight is 261 g/mol. The highest BCUT2D eigenvalue weighted by atomic mass is 16.4. The van der Waals surface area contributed by atoms with Gasteiger partial charge in [-0.05, 0) is 12.1 Å². The Bertz CT molecular complexity index is 468. The lowest BCUT2D eigenvalue weighted by molar-refractivity contribution is -0.137. The molecule has 1 rings (SSSR count). The second-order valence-corrected chi connectivity index (χ2v) is 3.79. The van der Waals surface area contributed by atoms with Crippen molar-refractivity contribution in [2.24, 2.45) is 0 Å². The number of nitrogens with one attached hydrogen (secondary N) is 1. The maximum Gasteiger partial charge on any atom is 0.304 e. The van der Waals surface area contributed by atoms with Gasteiger partial charge in [-0.2, -0.15) is 5.26 Å². The smallest absolute Gasteiger partial charge is 0.304 e. The molecule has 2 N–H and O–H groups in total. The average Bonchev–Trinajstić information content (AvgIpc) is 2.41. The molecule has 1 aromatic carbocycles. The molecule has 0 aromatic heterocycles. The lowest BCUT2D eigenvalue weighted by Gasteiger charge is -2.19. The number of carboxylic acid groups (broad SMARTS) is 1. The van der Waals surface area contributed by atoms with Gasteiger partial charge in [-0.15, -0.1) is 0 Å². The van der Waals surface area contributed by atoms with E-state index in [-0.39, 0.29) is 32.0 Å². The summed E-state index contributed by atoms with van der Waals surface area (Å²) in [5.41, 5.74) is 0.647. The topological polar surface area (TPSA) is 93.4 Å². The molecule has 0 heterocycles. The van der Waals surface area contributed by atoms with Crippen molar-refractivity contribution in [3.63, 3.8) is 0 Å². The fraction of sp³-hybridized carbons (Fsp3) is 0.308. The minimum absolute atomic E-state index is 0.00382. The number of carboxylic acids is 1. The molecule has 0 radical (unpaired) electrons.